The van der Waals surface area contributed by atoms with E-state index in [0.29, 0.717) is 52.1 Å². The molecule has 1 spiro atoms. The SMILES string of the molecule is C[C@H](Oc1ccnc(-c2noc3c2CCC[C@@]32CCOc3sc(N)c(C#N)c32)n1)[C@@H]1CCCN1C. The largest absolute Gasteiger partial charge is 0.484 e. The molecule has 9 nitrogen and oxygen atoms in total. The van der Waals surface area contributed by atoms with Crippen molar-refractivity contribution in [2.75, 3.05) is 25.9 Å². The van der Waals surface area contributed by atoms with E-state index in [4.69, 9.17) is 24.7 Å². The number of nitrogens with zero attached hydrogens (tertiary/aromatic N) is 5. The molecule has 1 saturated heterocycles. The summed E-state index contributed by atoms with van der Waals surface area (Å²) < 4.78 is 18.2. The smallest absolute Gasteiger partial charge is 0.217 e. The summed E-state index contributed by atoms with van der Waals surface area (Å²) in [6.07, 6.45) is 7.35. The normalized spacial score (nSPS) is 24.4. The predicted octanol–water partition coefficient (Wildman–Crippen LogP) is 3.91. The molecule has 0 bridgehead atoms. The Morgan fingerprint density at radius 1 is 1.37 bits per heavy atom. The Labute approximate surface area is 207 Å². The van der Waals surface area contributed by atoms with Crippen molar-refractivity contribution in [2.24, 2.45) is 0 Å². The van der Waals surface area contributed by atoms with Gasteiger partial charge in [0.25, 0.3) is 0 Å². The quantitative estimate of drug-likeness (QED) is 0.577. The minimum Gasteiger partial charge on any atom is -0.484 e. The first-order chi connectivity index (χ1) is 17.0. The maximum absolute atomic E-state index is 9.84. The van der Waals surface area contributed by atoms with Crippen LogP contribution in [0, 0.1) is 11.3 Å². The molecule has 6 rings (SSSR count). The van der Waals surface area contributed by atoms with Gasteiger partial charge in [-0.3, -0.25) is 4.90 Å². The number of ether oxygens (including phenoxy) is 2. The van der Waals surface area contributed by atoms with Crippen molar-refractivity contribution in [2.45, 2.75) is 63.0 Å². The lowest BCUT2D eigenvalue weighted by Gasteiger charge is -2.38. The first-order valence-corrected chi connectivity index (χ1v) is 13.0. The number of hydrogen-bond acceptors (Lipinski definition) is 10. The topological polar surface area (TPSA) is 123 Å². The van der Waals surface area contributed by atoms with E-state index in [-0.39, 0.29) is 6.10 Å². The van der Waals surface area contributed by atoms with E-state index in [1.807, 2.05) is 0 Å². The summed E-state index contributed by atoms with van der Waals surface area (Å²) in [5, 5.41) is 15.5. The van der Waals surface area contributed by atoms with Crippen LogP contribution in [0.4, 0.5) is 5.00 Å². The molecule has 3 aliphatic rings. The molecule has 3 atom stereocenters. The highest BCUT2D eigenvalue weighted by Gasteiger charge is 2.50. The average Bonchev–Trinajstić information content (AvgIpc) is 3.56. The summed E-state index contributed by atoms with van der Waals surface area (Å²) >= 11 is 1.33. The summed E-state index contributed by atoms with van der Waals surface area (Å²) in [6.45, 7) is 3.73. The fraction of sp³-hybridized carbons (Fsp3) is 0.520. The van der Waals surface area contributed by atoms with Crippen molar-refractivity contribution in [3.63, 3.8) is 0 Å². The van der Waals surface area contributed by atoms with Gasteiger partial charge < -0.3 is 19.7 Å². The van der Waals surface area contributed by atoms with Gasteiger partial charge in [-0.15, -0.1) is 0 Å². The van der Waals surface area contributed by atoms with Crippen LogP contribution in [0.25, 0.3) is 11.5 Å². The number of nitrogen functional groups attached to an aromatic ring is 1. The highest BCUT2D eigenvalue weighted by molar-refractivity contribution is 7.18. The van der Waals surface area contributed by atoms with Crippen LogP contribution in [-0.2, 0) is 11.8 Å². The number of nitrogens with two attached hydrogens (primary N) is 1. The maximum Gasteiger partial charge on any atom is 0.217 e. The molecular weight excluding hydrogens is 464 g/mol. The molecule has 0 amide bonds. The third-order valence-corrected chi connectivity index (χ3v) is 8.71. The van der Waals surface area contributed by atoms with Crippen molar-refractivity contribution < 1.29 is 14.0 Å². The lowest BCUT2D eigenvalue weighted by Crippen LogP contribution is -2.38. The number of aromatic nitrogens is 3. The van der Waals surface area contributed by atoms with Gasteiger partial charge in [-0.05, 0) is 59.0 Å². The second-order valence-electron chi connectivity index (χ2n) is 9.72. The van der Waals surface area contributed by atoms with Crippen LogP contribution < -0.4 is 15.2 Å². The summed E-state index contributed by atoms with van der Waals surface area (Å²) in [5.41, 5.74) is 8.70. The second kappa shape index (κ2) is 8.50. The first kappa shape index (κ1) is 22.3. The molecule has 10 heteroatoms. The van der Waals surface area contributed by atoms with Crippen LogP contribution in [-0.4, -0.2) is 52.4 Å². The number of nitriles is 1. The van der Waals surface area contributed by atoms with Crippen molar-refractivity contribution in [3.05, 3.63) is 34.7 Å². The summed E-state index contributed by atoms with van der Waals surface area (Å²) in [7, 11) is 2.14. The van der Waals surface area contributed by atoms with Gasteiger partial charge in [0.15, 0.2) is 22.3 Å². The van der Waals surface area contributed by atoms with Gasteiger partial charge in [0.05, 0.1) is 17.6 Å². The molecule has 35 heavy (non-hydrogen) atoms. The monoisotopic (exact) mass is 492 g/mol. The first-order valence-electron chi connectivity index (χ1n) is 12.2. The zero-order valence-corrected chi connectivity index (χ0v) is 20.7. The van der Waals surface area contributed by atoms with E-state index < -0.39 is 5.41 Å². The fourth-order valence-corrected chi connectivity index (χ4v) is 7.08. The lowest BCUT2D eigenvalue weighted by atomic mass is 9.66. The molecule has 182 valence electrons. The Bertz CT molecular complexity index is 1310. The van der Waals surface area contributed by atoms with Gasteiger partial charge in [0, 0.05) is 29.4 Å². The molecular formula is C25H28N6O3S. The predicted molar refractivity (Wildman–Crippen MR) is 131 cm³/mol. The highest BCUT2D eigenvalue weighted by Crippen LogP contribution is 2.56. The Morgan fingerprint density at radius 2 is 2.26 bits per heavy atom. The van der Waals surface area contributed by atoms with E-state index in [9.17, 15) is 5.26 Å². The van der Waals surface area contributed by atoms with Gasteiger partial charge in [0.2, 0.25) is 5.88 Å². The highest BCUT2D eigenvalue weighted by atomic mass is 32.1. The second-order valence-corrected chi connectivity index (χ2v) is 10.7. The molecule has 1 aliphatic carbocycles. The number of hydrogen-bond donors (Lipinski definition) is 1. The van der Waals surface area contributed by atoms with Crippen molar-refractivity contribution >= 4 is 16.3 Å². The Kier molecular flexibility index (Phi) is 5.42. The Balaban J connectivity index is 1.36. The fourth-order valence-electron chi connectivity index (χ4n) is 6.09. The third kappa shape index (κ3) is 3.48. The maximum atomic E-state index is 9.84. The number of likely N-dealkylation sites (N-methyl/N-ethyl adjacent to an activating group) is 1. The number of fused-ring (bicyclic) bond motifs is 4. The molecule has 0 saturated carbocycles. The van der Waals surface area contributed by atoms with Crippen LogP contribution >= 0.6 is 11.3 Å². The molecule has 5 heterocycles. The average molecular weight is 493 g/mol. The molecule has 2 N–H and O–H groups in total. The molecule has 2 aliphatic heterocycles. The van der Waals surface area contributed by atoms with Crippen LogP contribution in [0.5, 0.6) is 10.9 Å². The van der Waals surface area contributed by atoms with Gasteiger partial charge in [0.1, 0.15) is 17.2 Å². The number of thiophene rings is 1. The van der Waals surface area contributed by atoms with E-state index in [1.165, 1.54) is 17.8 Å². The zero-order valence-electron chi connectivity index (χ0n) is 19.9. The Morgan fingerprint density at radius 3 is 3.06 bits per heavy atom. The standard InChI is InChI=1S/C25H28N6O3S/c1-14(17-6-4-11-31(17)2)33-18-7-10-28-23(29-18)20-15-5-3-8-25(21(15)34-30-20)9-12-32-24-19(25)16(13-26)22(27)35-24/h7,10,14,17H,3-6,8-9,11-12,27H2,1-2H3/t14-,17-,25-/m0/s1. The zero-order chi connectivity index (χ0) is 24.2. The van der Waals surface area contributed by atoms with Gasteiger partial charge in [-0.1, -0.05) is 16.5 Å². The number of rotatable bonds is 4. The molecule has 1 fully saturated rings. The molecule has 0 radical (unpaired) electrons. The van der Waals surface area contributed by atoms with Gasteiger partial charge in [-0.25, -0.2) is 4.98 Å². The summed E-state index contributed by atoms with van der Waals surface area (Å²) in [5.74, 6) is 1.82. The van der Waals surface area contributed by atoms with E-state index >= 15 is 0 Å². The third-order valence-electron chi connectivity index (χ3n) is 7.78. The van der Waals surface area contributed by atoms with Gasteiger partial charge in [-0.2, -0.15) is 10.2 Å². The molecule has 3 aromatic rings. The number of anilines is 1. The van der Waals surface area contributed by atoms with Crippen molar-refractivity contribution in [3.8, 4) is 28.5 Å². The molecule has 0 unspecified atom stereocenters. The van der Waals surface area contributed by atoms with Crippen molar-refractivity contribution in [1.82, 2.24) is 20.0 Å². The minimum atomic E-state index is -0.471. The van der Waals surface area contributed by atoms with Crippen LogP contribution in [0.2, 0.25) is 0 Å². The lowest BCUT2D eigenvalue weighted by molar-refractivity contribution is 0.117. The molecule has 3 aromatic heterocycles. The van der Waals surface area contributed by atoms with E-state index in [2.05, 4.69) is 35.1 Å². The summed E-state index contributed by atoms with van der Waals surface area (Å²) in [4.78, 5) is 11.6. The van der Waals surface area contributed by atoms with E-state index in [0.717, 1.165) is 49.1 Å². The van der Waals surface area contributed by atoms with Gasteiger partial charge >= 0.3 is 0 Å². The Hall–Kier alpha value is -3.16. The minimum absolute atomic E-state index is 0.0221. The van der Waals surface area contributed by atoms with Crippen LogP contribution in [0.15, 0.2) is 16.8 Å². The summed E-state index contributed by atoms with van der Waals surface area (Å²) in [6, 6.07) is 4.47. The van der Waals surface area contributed by atoms with Crippen molar-refractivity contribution in [1.29, 1.82) is 5.26 Å². The number of likely N-dealkylation sites (tertiary alicyclic amines) is 1. The van der Waals surface area contributed by atoms with Crippen LogP contribution in [0.3, 0.4) is 0 Å². The van der Waals surface area contributed by atoms with Crippen LogP contribution in [0.1, 0.15) is 61.5 Å². The van der Waals surface area contributed by atoms with E-state index in [1.54, 1.807) is 12.3 Å². The molecule has 0 aromatic carbocycles.